The van der Waals surface area contributed by atoms with Gasteiger partial charge in [0.25, 0.3) is 5.56 Å². The van der Waals surface area contributed by atoms with Gasteiger partial charge in [-0.15, -0.1) is 0 Å². The molecular weight excluding hydrogens is 374 g/mol. The van der Waals surface area contributed by atoms with E-state index in [0.717, 1.165) is 17.7 Å². The van der Waals surface area contributed by atoms with Crippen molar-refractivity contribution < 1.29 is 4.79 Å². The van der Waals surface area contributed by atoms with Gasteiger partial charge in [-0.05, 0) is 30.4 Å². The van der Waals surface area contributed by atoms with E-state index in [1.165, 1.54) is 11.1 Å². The standard InChI is InChI=1S/C25H25N3O2/c1-16-6-5-7-17(12-16)13-23-26-22-10-11-28(15-21(22)24(29)27-23)25(30)20-14-19(20)18-8-3-2-4-9-18/h2-9,12,19-20H,10-11,13-15H2,1H3,(H,26,27,29)/t19-,20-/m0/s1. The van der Waals surface area contributed by atoms with Crippen molar-refractivity contribution in [2.24, 2.45) is 5.92 Å². The van der Waals surface area contributed by atoms with Gasteiger partial charge < -0.3 is 9.88 Å². The van der Waals surface area contributed by atoms with Crippen molar-refractivity contribution >= 4 is 5.91 Å². The lowest BCUT2D eigenvalue weighted by Gasteiger charge is -2.28. The van der Waals surface area contributed by atoms with E-state index in [2.05, 4.69) is 36.2 Å². The van der Waals surface area contributed by atoms with Gasteiger partial charge >= 0.3 is 0 Å². The number of fused-ring (bicyclic) bond motifs is 1. The number of hydrogen-bond acceptors (Lipinski definition) is 3. The molecule has 5 nitrogen and oxygen atoms in total. The number of amides is 1. The molecule has 1 aromatic heterocycles. The molecule has 3 aromatic rings. The molecule has 1 aliphatic heterocycles. The number of aromatic nitrogens is 2. The zero-order chi connectivity index (χ0) is 20.7. The number of hydrogen-bond donors (Lipinski definition) is 1. The lowest BCUT2D eigenvalue weighted by Crippen LogP contribution is -2.40. The van der Waals surface area contributed by atoms with Gasteiger partial charge in [-0.2, -0.15) is 0 Å². The molecule has 2 atom stereocenters. The van der Waals surface area contributed by atoms with Gasteiger partial charge in [0, 0.05) is 25.3 Å². The Morgan fingerprint density at radius 1 is 1.17 bits per heavy atom. The first-order chi connectivity index (χ1) is 14.6. The maximum absolute atomic E-state index is 13.0. The summed E-state index contributed by atoms with van der Waals surface area (Å²) < 4.78 is 0. The highest BCUT2D eigenvalue weighted by Gasteiger charge is 2.46. The fraction of sp³-hybridized carbons (Fsp3) is 0.320. The molecule has 1 N–H and O–H groups in total. The van der Waals surface area contributed by atoms with E-state index in [1.807, 2.05) is 35.2 Å². The van der Waals surface area contributed by atoms with Crippen LogP contribution in [0.5, 0.6) is 0 Å². The third-order valence-corrected chi connectivity index (χ3v) is 6.22. The molecule has 0 bridgehead atoms. The third-order valence-electron chi connectivity index (χ3n) is 6.22. The molecule has 152 valence electrons. The lowest BCUT2D eigenvalue weighted by molar-refractivity contribution is -0.133. The van der Waals surface area contributed by atoms with Crippen LogP contribution in [0.25, 0.3) is 0 Å². The largest absolute Gasteiger partial charge is 0.337 e. The Morgan fingerprint density at radius 3 is 2.80 bits per heavy atom. The van der Waals surface area contributed by atoms with Crippen LogP contribution in [0.1, 0.15) is 46.1 Å². The van der Waals surface area contributed by atoms with Crippen LogP contribution in [0.2, 0.25) is 0 Å². The van der Waals surface area contributed by atoms with Crippen molar-refractivity contribution in [3.8, 4) is 0 Å². The van der Waals surface area contributed by atoms with Gasteiger partial charge in [0.05, 0.1) is 17.8 Å². The number of benzene rings is 2. The summed E-state index contributed by atoms with van der Waals surface area (Å²) in [5, 5.41) is 0. The molecule has 30 heavy (non-hydrogen) atoms. The highest BCUT2D eigenvalue weighted by Crippen LogP contribution is 2.48. The van der Waals surface area contributed by atoms with Crippen molar-refractivity contribution in [1.29, 1.82) is 0 Å². The maximum Gasteiger partial charge on any atom is 0.256 e. The minimum absolute atomic E-state index is 0.0431. The van der Waals surface area contributed by atoms with Crippen molar-refractivity contribution in [2.45, 2.75) is 38.6 Å². The van der Waals surface area contributed by atoms with Gasteiger partial charge in [0.2, 0.25) is 5.91 Å². The van der Waals surface area contributed by atoms with E-state index in [-0.39, 0.29) is 17.4 Å². The second-order valence-electron chi connectivity index (χ2n) is 8.47. The van der Waals surface area contributed by atoms with Crippen LogP contribution >= 0.6 is 0 Å². The Balaban J connectivity index is 1.30. The Morgan fingerprint density at radius 2 is 2.00 bits per heavy atom. The molecule has 0 spiro atoms. The van der Waals surface area contributed by atoms with E-state index in [9.17, 15) is 9.59 Å². The van der Waals surface area contributed by atoms with Crippen LogP contribution in [0, 0.1) is 12.8 Å². The molecule has 0 unspecified atom stereocenters. The molecule has 2 heterocycles. The van der Waals surface area contributed by atoms with E-state index >= 15 is 0 Å². The molecule has 2 aromatic carbocycles. The normalized spacial score (nSPS) is 20.0. The molecule has 1 saturated carbocycles. The van der Waals surface area contributed by atoms with Crippen LogP contribution in [-0.4, -0.2) is 27.3 Å². The summed E-state index contributed by atoms with van der Waals surface area (Å²) in [6, 6.07) is 18.5. The summed E-state index contributed by atoms with van der Waals surface area (Å²) in [6.45, 7) is 3.05. The number of aryl methyl sites for hydroxylation is 1. The summed E-state index contributed by atoms with van der Waals surface area (Å²) in [6.07, 6.45) is 2.14. The molecule has 0 radical (unpaired) electrons. The first-order valence-corrected chi connectivity index (χ1v) is 10.6. The summed E-state index contributed by atoms with van der Waals surface area (Å²) in [5.74, 6) is 1.21. The fourth-order valence-corrected chi connectivity index (χ4v) is 4.53. The van der Waals surface area contributed by atoms with E-state index in [0.29, 0.717) is 43.2 Å². The molecule has 0 saturated heterocycles. The summed E-state index contributed by atoms with van der Waals surface area (Å²) in [7, 11) is 0. The van der Waals surface area contributed by atoms with Crippen molar-refractivity contribution in [1.82, 2.24) is 14.9 Å². The summed E-state index contributed by atoms with van der Waals surface area (Å²) in [4.78, 5) is 35.2. The van der Waals surface area contributed by atoms with Gasteiger partial charge in [-0.25, -0.2) is 4.98 Å². The maximum atomic E-state index is 13.0. The van der Waals surface area contributed by atoms with Gasteiger partial charge in [-0.1, -0.05) is 60.2 Å². The van der Waals surface area contributed by atoms with Crippen molar-refractivity contribution in [3.63, 3.8) is 0 Å². The van der Waals surface area contributed by atoms with Crippen LogP contribution in [0.3, 0.4) is 0 Å². The number of nitrogens with one attached hydrogen (secondary N) is 1. The zero-order valence-corrected chi connectivity index (χ0v) is 17.1. The number of aromatic amines is 1. The predicted octanol–water partition coefficient (Wildman–Crippen LogP) is 3.36. The predicted molar refractivity (Wildman–Crippen MR) is 115 cm³/mol. The average Bonchev–Trinajstić information content (AvgIpc) is 3.55. The van der Waals surface area contributed by atoms with Crippen molar-refractivity contribution in [2.75, 3.05) is 6.54 Å². The molecular formula is C25H25N3O2. The van der Waals surface area contributed by atoms with Crippen LogP contribution in [-0.2, 0) is 24.2 Å². The molecule has 1 fully saturated rings. The highest BCUT2D eigenvalue weighted by atomic mass is 16.2. The van der Waals surface area contributed by atoms with Gasteiger partial charge in [0.1, 0.15) is 5.82 Å². The SMILES string of the molecule is Cc1cccc(Cc2nc3c(c(=O)[nH]2)CN(C(=O)[C@H]2C[C@H]2c2ccccc2)CC3)c1. The Bertz CT molecular complexity index is 1150. The molecule has 2 aliphatic rings. The average molecular weight is 399 g/mol. The summed E-state index contributed by atoms with van der Waals surface area (Å²) in [5.41, 5.74) is 4.91. The first-order valence-electron chi connectivity index (χ1n) is 10.6. The number of rotatable bonds is 4. The van der Waals surface area contributed by atoms with E-state index < -0.39 is 0 Å². The minimum atomic E-state index is -0.115. The summed E-state index contributed by atoms with van der Waals surface area (Å²) >= 11 is 0. The molecule has 1 amide bonds. The molecule has 5 rings (SSSR count). The number of H-pyrrole nitrogens is 1. The molecule has 5 heteroatoms. The Labute approximate surface area is 175 Å². The Kier molecular flexibility index (Phi) is 4.74. The lowest BCUT2D eigenvalue weighted by atomic mass is 10.0. The number of carbonyl (C=O) groups is 1. The van der Waals surface area contributed by atoms with Gasteiger partial charge in [-0.3, -0.25) is 9.59 Å². The first kappa shape index (κ1) is 18.8. The van der Waals surface area contributed by atoms with E-state index in [4.69, 9.17) is 4.98 Å². The number of nitrogens with zero attached hydrogens (tertiary/aromatic N) is 2. The van der Waals surface area contributed by atoms with Crippen LogP contribution in [0.4, 0.5) is 0 Å². The Hall–Kier alpha value is -3.21. The van der Waals surface area contributed by atoms with Crippen LogP contribution in [0.15, 0.2) is 59.4 Å². The molecule has 1 aliphatic carbocycles. The number of carbonyl (C=O) groups excluding carboxylic acids is 1. The quantitative estimate of drug-likeness (QED) is 0.732. The van der Waals surface area contributed by atoms with E-state index in [1.54, 1.807) is 0 Å². The van der Waals surface area contributed by atoms with Crippen LogP contribution < -0.4 is 5.56 Å². The fourth-order valence-electron chi connectivity index (χ4n) is 4.53. The topological polar surface area (TPSA) is 66.1 Å². The smallest absolute Gasteiger partial charge is 0.256 e. The van der Waals surface area contributed by atoms with Crippen molar-refractivity contribution in [3.05, 3.63) is 98.7 Å². The highest BCUT2D eigenvalue weighted by molar-refractivity contribution is 5.83. The second kappa shape index (κ2) is 7.56. The monoisotopic (exact) mass is 399 g/mol. The van der Waals surface area contributed by atoms with Gasteiger partial charge in [0.15, 0.2) is 0 Å². The minimum Gasteiger partial charge on any atom is -0.337 e. The third kappa shape index (κ3) is 3.67. The zero-order valence-electron chi connectivity index (χ0n) is 17.1. The second-order valence-corrected chi connectivity index (χ2v) is 8.47.